The summed E-state index contributed by atoms with van der Waals surface area (Å²) in [4.78, 5) is 0.360. The lowest BCUT2D eigenvalue weighted by Gasteiger charge is -2.34. The molecule has 0 spiro atoms. The van der Waals surface area contributed by atoms with E-state index in [4.69, 9.17) is 15.1 Å². The average Bonchev–Trinajstić information content (AvgIpc) is 2.87. The molecule has 8 heteroatoms. The molecule has 2 heterocycles. The van der Waals surface area contributed by atoms with Crippen molar-refractivity contribution in [3.8, 4) is 6.07 Å². The molecular formula is C11H14N2O4S2. The summed E-state index contributed by atoms with van der Waals surface area (Å²) in [5.41, 5.74) is 0. The van der Waals surface area contributed by atoms with Crippen LogP contribution in [0, 0.1) is 11.3 Å². The van der Waals surface area contributed by atoms with Crippen molar-refractivity contribution in [1.82, 2.24) is 4.31 Å². The normalized spacial score (nSPS) is 25.1. The number of sulfonamides is 1. The van der Waals surface area contributed by atoms with Gasteiger partial charge in [-0.25, -0.2) is 8.42 Å². The average molecular weight is 302 g/mol. The second-order valence-corrected chi connectivity index (χ2v) is 7.55. The number of hydrogen-bond acceptors (Lipinski definition) is 6. The van der Waals surface area contributed by atoms with Crippen LogP contribution < -0.4 is 0 Å². The smallest absolute Gasteiger partial charge is 0.252 e. The maximum absolute atomic E-state index is 12.4. The van der Waals surface area contributed by atoms with Crippen LogP contribution in [0.1, 0.15) is 11.8 Å². The number of nitrogens with zero attached hydrogens (tertiary/aromatic N) is 2. The monoisotopic (exact) mass is 302 g/mol. The molecule has 104 valence electrons. The number of hydrogen-bond donors (Lipinski definition) is 1. The maximum Gasteiger partial charge on any atom is 0.252 e. The Labute approximate surface area is 115 Å². The fourth-order valence-electron chi connectivity index (χ4n) is 1.95. The Kier molecular flexibility index (Phi) is 4.23. The second-order valence-electron chi connectivity index (χ2n) is 4.30. The first-order valence-electron chi connectivity index (χ1n) is 5.73. The van der Waals surface area contributed by atoms with Crippen LogP contribution in [0.3, 0.4) is 0 Å². The summed E-state index contributed by atoms with van der Waals surface area (Å²) < 4.78 is 31.7. The van der Waals surface area contributed by atoms with E-state index in [0.29, 0.717) is 4.88 Å². The lowest BCUT2D eigenvalue weighted by atomic mass is 10.2. The van der Waals surface area contributed by atoms with Crippen LogP contribution in [0.15, 0.2) is 16.3 Å². The minimum atomic E-state index is -3.62. The third kappa shape index (κ3) is 2.96. The highest BCUT2D eigenvalue weighted by Gasteiger charge is 2.34. The molecule has 6 nitrogen and oxygen atoms in total. The van der Waals surface area contributed by atoms with Gasteiger partial charge >= 0.3 is 0 Å². The van der Waals surface area contributed by atoms with Gasteiger partial charge in [0.15, 0.2) is 0 Å². The molecule has 0 aromatic carbocycles. The van der Waals surface area contributed by atoms with Crippen molar-refractivity contribution in [3.05, 3.63) is 17.0 Å². The van der Waals surface area contributed by atoms with Crippen molar-refractivity contribution in [2.75, 3.05) is 19.7 Å². The summed E-state index contributed by atoms with van der Waals surface area (Å²) in [5, 5.41) is 17.9. The molecule has 19 heavy (non-hydrogen) atoms. The highest BCUT2D eigenvalue weighted by atomic mass is 32.2. The molecule has 1 N–H and O–H groups in total. The van der Waals surface area contributed by atoms with Gasteiger partial charge in [-0.2, -0.15) is 9.57 Å². The quantitative estimate of drug-likeness (QED) is 0.872. The topological polar surface area (TPSA) is 90.6 Å². The van der Waals surface area contributed by atoms with Gasteiger partial charge in [0, 0.05) is 13.1 Å². The Morgan fingerprint density at radius 2 is 2.32 bits per heavy atom. The van der Waals surface area contributed by atoms with Crippen LogP contribution in [-0.4, -0.2) is 49.7 Å². The van der Waals surface area contributed by atoms with Crippen molar-refractivity contribution in [3.63, 3.8) is 0 Å². The first-order chi connectivity index (χ1) is 8.97. The SMILES string of the molecule is CC1CN(S(=O)(=O)c2ccc(C#N)s2)CC(CO)O1. The van der Waals surface area contributed by atoms with E-state index in [2.05, 4.69) is 0 Å². The summed E-state index contributed by atoms with van der Waals surface area (Å²) in [7, 11) is -3.62. The van der Waals surface area contributed by atoms with E-state index in [0.717, 1.165) is 11.3 Å². The van der Waals surface area contributed by atoms with Crippen LogP contribution in [0.25, 0.3) is 0 Å². The standard InChI is InChI=1S/C11H14N2O4S2/c1-8-5-13(6-9(7-14)17-8)19(15,16)11-3-2-10(4-12)18-11/h2-3,8-9,14H,5-7H2,1H3. The molecular weight excluding hydrogens is 288 g/mol. The molecule has 0 bridgehead atoms. The molecule has 1 fully saturated rings. The van der Waals surface area contributed by atoms with Gasteiger partial charge in [0.1, 0.15) is 15.2 Å². The minimum absolute atomic E-state index is 0.128. The molecule has 2 unspecified atom stereocenters. The Bertz CT molecular complexity index is 590. The summed E-state index contributed by atoms with van der Waals surface area (Å²) in [6, 6.07) is 4.85. The molecule has 0 saturated carbocycles. The number of aliphatic hydroxyl groups excluding tert-OH is 1. The number of thiophene rings is 1. The second kappa shape index (κ2) is 5.56. The first kappa shape index (κ1) is 14.4. The van der Waals surface area contributed by atoms with Gasteiger partial charge in [-0.05, 0) is 19.1 Å². The Morgan fingerprint density at radius 1 is 1.58 bits per heavy atom. The van der Waals surface area contributed by atoms with Crippen LogP contribution in [-0.2, 0) is 14.8 Å². The lowest BCUT2D eigenvalue weighted by molar-refractivity contribution is -0.0750. The molecule has 0 amide bonds. The van der Waals surface area contributed by atoms with Gasteiger partial charge in [0.2, 0.25) is 0 Å². The summed E-state index contributed by atoms with van der Waals surface area (Å²) in [5.74, 6) is 0. The van der Waals surface area contributed by atoms with Gasteiger partial charge in [0.05, 0.1) is 18.8 Å². The third-order valence-corrected chi connectivity index (χ3v) is 6.07. The zero-order valence-corrected chi connectivity index (χ0v) is 11.9. The van der Waals surface area contributed by atoms with Crippen molar-refractivity contribution in [2.45, 2.75) is 23.3 Å². The Hall–Kier alpha value is -0.980. The number of nitriles is 1. The lowest BCUT2D eigenvalue weighted by Crippen LogP contribution is -2.50. The van der Waals surface area contributed by atoms with Crippen LogP contribution in [0.4, 0.5) is 0 Å². The van der Waals surface area contributed by atoms with E-state index in [-0.39, 0.29) is 30.0 Å². The fraction of sp³-hybridized carbons (Fsp3) is 0.545. The van der Waals surface area contributed by atoms with Crippen molar-refractivity contribution < 1.29 is 18.3 Å². The summed E-state index contributed by atoms with van der Waals surface area (Å²) in [6.45, 7) is 1.92. The Balaban J connectivity index is 2.26. The van der Waals surface area contributed by atoms with E-state index < -0.39 is 16.1 Å². The van der Waals surface area contributed by atoms with Crippen LogP contribution >= 0.6 is 11.3 Å². The van der Waals surface area contributed by atoms with Gasteiger partial charge in [-0.15, -0.1) is 11.3 Å². The molecule has 1 aliphatic rings. The number of aliphatic hydroxyl groups is 1. The molecule has 1 aliphatic heterocycles. The molecule has 0 radical (unpaired) electrons. The van der Waals surface area contributed by atoms with Gasteiger partial charge in [0.25, 0.3) is 10.0 Å². The van der Waals surface area contributed by atoms with E-state index in [1.165, 1.54) is 16.4 Å². The van der Waals surface area contributed by atoms with Crippen LogP contribution in [0.2, 0.25) is 0 Å². The summed E-state index contributed by atoms with van der Waals surface area (Å²) in [6.07, 6.45) is -0.773. The highest BCUT2D eigenvalue weighted by molar-refractivity contribution is 7.91. The fourth-order valence-corrected chi connectivity index (χ4v) is 4.75. The zero-order valence-electron chi connectivity index (χ0n) is 10.3. The van der Waals surface area contributed by atoms with Crippen molar-refractivity contribution >= 4 is 21.4 Å². The summed E-state index contributed by atoms with van der Waals surface area (Å²) >= 11 is 0.949. The molecule has 1 aromatic heterocycles. The number of rotatable bonds is 3. The predicted molar refractivity (Wildman–Crippen MR) is 69.2 cm³/mol. The van der Waals surface area contributed by atoms with Crippen molar-refractivity contribution in [2.24, 2.45) is 0 Å². The molecule has 2 atom stereocenters. The predicted octanol–water partition coefficient (Wildman–Crippen LogP) is 0.390. The largest absolute Gasteiger partial charge is 0.394 e. The van der Waals surface area contributed by atoms with Gasteiger partial charge in [-0.3, -0.25) is 0 Å². The molecule has 1 aromatic rings. The number of morpholine rings is 1. The van der Waals surface area contributed by atoms with E-state index in [1.807, 2.05) is 6.07 Å². The number of ether oxygens (including phenoxy) is 1. The molecule has 1 saturated heterocycles. The Morgan fingerprint density at radius 3 is 2.89 bits per heavy atom. The van der Waals surface area contributed by atoms with Crippen LogP contribution in [0.5, 0.6) is 0 Å². The molecule has 2 rings (SSSR count). The van der Waals surface area contributed by atoms with E-state index in [1.54, 1.807) is 6.92 Å². The third-order valence-electron chi connectivity index (χ3n) is 2.78. The highest BCUT2D eigenvalue weighted by Crippen LogP contribution is 2.26. The van der Waals surface area contributed by atoms with E-state index >= 15 is 0 Å². The van der Waals surface area contributed by atoms with E-state index in [9.17, 15) is 8.42 Å². The van der Waals surface area contributed by atoms with Crippen molar-refractivity contribution in [1.29, 1.82) is 5.26 Å². The van der Waals surface area contributed by atoms with Gasteiger partial charge < -0.3 is 9.84 Å². The first-order valence-corrected chi connectivity index (χ1v) is 7.99. The minimum Gasteiger partial charge on any atom is -0.394 e. The molecule has 0 aliphatic carbocycles. The maximum atomic E-state index is 12.4. The zero-order chi connectivity index (χ0) is 14.0. The van der Waals surface area contributed by atoms with Gasteiger partial charge in [-0.1, -0.05) is 0 Å².